The summed E-state index contributed by atoms with van der Waals surface area (Å²) in [5.74, 6) is 0.519. The maximum absolute atomic E-state index is 11.9. The average molecular weight is 262 g/mol. The van der Waals surface area contributed by atoms with Crippen LogP contribution in [0.2, 0.25) is 0 Å². The zero-order valence-corrected chi connectivity index (χ0v) is 11.0. The fourth-order valence-corrected chi connectivity index (χ4v) is 3.74. The maximum atomic E-state index is 11.9. The minimum absolute atomic E-state index is 0.519. The van der Waals surface area contributed by atoms with Crippen LogP contribution < -0.4 is 4.72 Å². The fourth-order valence-electron chi connectivity index (χ4n) is 2.45. The molecule has 0 aromatic heterocycles. The van der Waals surface area contributed by atoms with Crippen LogP contribution in [0.4, 0.5) is 0 Å². The smallest absolute Gasteiger partial charge is 0.279 e. The van der Waals surface area contributed by atoms with Crippen LogP contribution in [0.5, 0.6) is 0 Å². The van der Waals surface area contributed by atoms with Crippen LogP contribution in [0.15, 0.2) is 0 Å². The van der Waals surface area contributed by atoms with Crippen molar-refractivity contribution < 1.29 is 13.2 Å². The largest absolute Gasteiger partial charge is 0.381 e. The van der Waals surface area contributed by atoms with E-state index in [2.05, 4.69) is 4.72 Å². The van der Waals surface area contributed by atoms with Gasteiger partial charge >= 0.3 is 0 Å². The lowest BCUT2D eigenvalue weighted by atomic mass is 9.99. The van der Waals surface area contributed by atoms with Gasteiger partial charge in [-0.2, -0.15) is 12.7 Å². The van der Waals surface area contributed by atoms with Crippen LogP contribution >= 0.6 is 0 Å². The molecule has 0 bridgehead atoms. The third-order valence-electron chi connectivity index (χ3n) is 3.50. The standard InChI is InChI=1S/C11H22N2O3S/c14-17(15,13-7-1-2-8-13)12-6-5-11-4-3-9-16-10-11/h11-12H,1-10H2/t11-/m0/s1. The number of nitrogens with zero attached hydrogens (tertiary/aromatic N) is 1. The van der Waals surface area contributed by atoms with Gasteiger partial charge in [0.05, 0.1) is 0 Å². The Kier molecular flexibility index (Phi) is 4.78. The molecule has 1 N–H and O–H groups in total. The third kappa shape index (κ3) is 3.91. The molecule has 0 radical (unpaired) electrons. The molecule has 0 unspecified atom stereocenters. The Morgan fingerprint density at radius 3 is 2.65 bits per heavy atom. The summed E-state index contributed by atoms with van der Waals surface area (Å²) in [5, 5.41) is 0. The Labute approximate surface area is 104 Å². The van der Waals surface area contributed by atoms with E-state index in [1.807, 2.05) is 0 Å². The van der Waals surface area contributed by atoms with Crippen molar-refractivity contribution in [2.75, 3.05) is 32.8 Å². The average Bonchev–Trinajstić information content (AvgIpc) is 2.84. The quantitative estimate of drug-likeness (QED) is 0.795. The van der Waals surface area contributed by atoms with Gasteiger partial charge in [0.15, 0.2) is 0 Å². The van der Waals surface area contributed by atoms with Gasteiger partial charge in [-0.1, -0.05) is 0 Å². The molecule has 0 aromatic rings. The highest BCUT2D eigenvalue weighted by Gasteiger charge is 2.25. The first-order chi connectivity index (χ1) is 8.18. The number of hydrogen-bond donors (Lipinski definition) is 1. The van der Waals surface area contributed by atoms with Crippen LogP contribution in [0, 0.1) is 5.92 Å². The highest BCUT2D eigenvalue weighted by atomic mass is 32.2. The van der Waals surface area contributed by atoms with Crippen LogP contribution in [-0.4, -0.2) is 45.6 Å². The van der Waals surface area contributed by atoms with Crippen LogP contribution in [-0.2, 0) is 14.9 Å². The zero-order valence-electron chi connectivity index (χ0n) is 10.2. The summed E-state index contributed by atoms with van der Waals surface area (Å²) in [5.41, 5.74) is 0. The van der Waals surface area contributed by atoms with E-state index in [0.29, 0.717) is 25.6 Å². The summed E-state index contributed by atoms with van der Waals surface area (Å²) in [6.45, 7) is 3.51. The van der Waals surface area contributed by atoms with E-state index in [9.17, 15) is 8.42 Å². The van der Waals surface area contributed by atoms with Gasteiger partial charge in [-0.3, -0.25) is 0 Å². The fraction of sp³-hybridized carbons (Fsp3) is 1.00. The van der Waals surface area contributed by atoms with E-state index < -0.39 is 10.2 Å². The third-order valence-corrected chi connectivity index (χ3v) is 5.11. The molecule has 0 spiro atoms. The monoisotopic (exact) mass is 262 g/mol. The predicted molar refractivity (Wildman–Crippen MR) is 65.9 cm³/mol. The molecule has 2 aliphatic rings. The number of rotatable bonds is 5. The molecule has 17 heavy (non-hydrogen) atoms. The molecule has 0 aliphatic carbocycles. The van der Waals surface area contributed by atoms with Crippen molar-refractivity contribution in [1.29, 1.82) is 0 Å². The van der Waals surface area contributed by atoms with Crippen LogP contribution in [0.25, 0.3) is 0 Å². The Morgan fingerprint density at radius 2 is 2.00 bits per heavy atom. The second kappa shape index (κ2) is 6.13. The molecule has 1 atom stereocenters. The topological polar surface area (TPSA) is 58.6 Å². The minimum Gasteiger partial charge on any atom is -0.381 e. The summed E-state index contributed by atoms with van der Waals surface area (Å²) < 4.78 is 33.3. The first-order valence-corrected chi connectivity index (χ1v) is 7.95. The minimum atomic E-state index is -3.22. The number of hydrogen-bond acceptors (Lipinski definition) is 3. The van der Waals surface area contributed by atoms with Gasteiger partial charge in [-0.05, 0) is 38.0 Å². The highest BCUT2D eigenvalue weighted by Crippen LogP contribution is 2.17. The SMILES string of the molecule is O=S(=O)(NCC[C@@H]1CCCOC1)N1CCCC1. The van der Waals surface area contributed by atoms with Gasteiger partial charge in [-0.25, -0.2) is 4.72 Å². The second-order valence-electron chi connectivity index (χ2n) is 4.88. The summed E-state index contributed by atoms with van der Waals surface area (Å²) in [6.07, 6.45) is 5.11. The van der Waals surface area contributed by atoms with E-state index >= 15 is 0 Å². The molecular weight excluding hydrogens is 240 g/mol. The van der Waals surface area contributed by atoms with Gasteiger partial charge < -0.3 is 4.74 Å². The zero-order chi connectivity index (χ0) is 12.1. The molecule has 0 aromatic carbocycles. The van der Waals surface area contributed by atoms with Crippen molar-refractivity contribution in [2.45, 2.75) is 32.1 Å². The predicted octanol–water partition coefficient (Wildman–Crippen LogP) is 0.733. The molecule has 2 fully saturated rings. The Bertz CT molecular complexity index is 320. The lowest BCUT2D eigenvalue weighted by molar-refractivity contribution is 0.0522. The van der Waals surface area contributed by atoms with Gasteiger partial charge in [-0.15, -0.1) is 0 Å². The van der Waals surface area contributed by atoms with Crippen molar-refractivity contribution in [3.8, 4) is 0 Å². The lowest BCUT2D eigenvalue weighted by Crippen LogP contribution is -2.39. The van der Waals surface area contributed by atoms with Crippen molar-refractivity contribution in [3.05, 3.63) is 0 Å². The number of nitrogens with one attached hydrogen (secondary N) is 1. The molecule has 6 heteroatoms. The molecule has 2 heterocycles. The maximum Gasteiger partial charge on any atom is 0.279 e. The summed E-state index contributed by atoms with van der Waals surface area (Å²) in [4.78, 5) is 0. The van der Waals surface area contributed by atoms with Gasteiger partial charge in [0.1, 0.15) is 0 Å². The van der Waals surface area contributed by atoms with Crippen LogP contribution in [0.1, 0.15) is 32.1 Å². The summed E-state index contributed by atoms with van der Waals surface area (Å²) in [6, 6.07) is 0. The number of ether oxygens (including phenoxy) is 1. The second-order valence-corrected chi connectivity index (χ2v) is 6.63. The summed E-state index contributed by atoms with van der Waals surface area (Å²) in [7, 11) is -3.22. The van der Waals surface area contributed by atoms with Gasteiger partial charge in [0, 0.05) is 32.8 Å². The molecule has 2 saturated heterocycles. The molecule has 0 amide bonds. The first kappa shape index (κ1) is 13.3. The molecular formula is C11H22N2O3S. The van der Waals surface area contributed by atoms with Crippen molar-refractivity contribution >= 4 is 10.2 Å². The lowest BCUT2D eigenvalue weighted by Gasteiger charge is -2.22. The van der Waals surface area contributed by atoms with Crippen molar-refractivity contribution in [2.24, 2.45) is 5.92 Å². The van der Waals surface area contributed by atoms with Gasteiger partial charge in [0.25, 0.3) is 10.2 Å². The van der Waals surface area contributed by atoms with Crippen LogP contribution in [0.3, 0.4) is 0 Å². The van der Waals surface area contributed by atoms with Crippen molar-refractivity contribution in [3.63, 3.8) is 0 Å². The van der Waals surface area contributed by atoms with E-state index in [0.717, 1.165) is 45.3 Å². The summed E-state index contributed by atoms with van der Waals surface area (Å²) >= 11 is 0. The van der Waals surface area contributed by atoms with Gasteiger partial charge in [0.2, 0.25) is 0 Å². The van der Waals surface area contributed by atoms with E-state index in [4.69, 9.17) is 4.74 Å². The Hall–Kier alpha value is -0.170. The molecule has 0 saturated carbocycles. The molecule has 2 aliphatic heterocycles. The molecule has 100 valence electrons. The Balaban J connectivity index is 1.69. The Morgan fingerprint density at radius 1 is 1.24 bits per heavy atom. The van der Waals surface area contributed by atoms with E-state index in [1.165, 1.54) is 0 Å². The normalized spacial score (nSPS) is 27.4. The molecule has 5 nitrogen and oxygen atoms in total. The highest BCUT2D eigenvalue weighted by molar-refractivity contribution is 7.87. The van der Waals surface area contributed by atoms with E-state index in [-0.39, 0.29) is 0 Å². The first-order valence-electron chi connectivity index (χ1n) is 6.51. The van der Waals surface area contributed by atoms with E-state index in [1.54, 1.807) is 4.31 Å². The molecule has 2 rings (SSSR count). The van der Waals surface area contributed by atoms with Crippen molar-refractivity contribution in [1.82, 2.24) is 9.03 Å².